The Bertz CT molecular complexity index is 720. The van der Waals surface area contributed by atoms with Gasteiger partial charge in [-0.25, -0.2) is 4.98 Å². The highest BCUT2D eigenvalue weighted by atomic mass is 79.9. The van der Waals surface area contributed by atoms with E-state index >= 15 is 0 Å². The maximum atomic E-state index is 11.4. The predicted octanol–water partition coefficient (Wildman–Crippen LogP) is 3.53. The number of halogens is 1. The van der Waals surface area contributed by atoms with Crippen molar-refractivity contribution in [1.82, 2.24) is 9.97 Å². The lowest BCUT2D eigenvalue weighted by atomic mass is 10.2. The van der Waals surface area contributed by atoms with Crippen molar-refractivity contribution < 1.29 is 14.4 Å². The SMILES string of the molecule is O=[N+]([O-])c1c(NCC2CCCO2)ncnc1Oc1ccc(Br)cc1. The Kier molecular flexibility index (Phi) is 5.21. The van der Waals surface area contributed by atoms with E-state index in [1.165, 1.54) is 6.33 Å². The first kappa shape index (κ1) is 16.6. The molecule has 1 N–H and O–H groups in total. The predicted molar refractivity (Wildman–Crippen MR) is 90.4 cm³/mol. The van der Waals surface area contributed by atoms with Crippen molar-refractivity contribution in [2.45, 2.75) is 18.9 Å². The van der Waals surface area contributed by atoms with E-state index in [0.29, 0.717) is 12.3 Å². The summed E-state index contributed by atoms with van der Waals surface area (Å²) in [6, 6.07) is 6.93. The van der Waals surface area contributed by atoms with Gasteiger partial charge in [0, 0.05) is 17.6 Å². The van der Waals surface area contributed by atoms with Crippen molar-refractivity contribution in [2.75, 3.05) is 18.5 Å². The molecule has 0 spiro atoms. The van der Waals surface area contributed by atoms with Gasteiger partial charge in [-0.05, 0) is 37.1 Å². The zero-order chi connectivity index (χ0) is 16.9. The van der Waals surface area contributed by atoms with Crippen molar-refractivity contribution in [2.24, 2.45) is 0 Å². The van der Waals surface area contributed by atoms with Crippen LogP contribution in [-0.4, -0.2) is 34.1 Å². The lowest BCUT2D eigenvalue weighted by Gasteiger charge is -2.12. The molecule has 3 rings (SSSR count). The van der Waals surface area contributed by atoms with Crippen LogP contribution in [0.5, 0.6) is 11.6 Å². The molecular weight excluding hydrogens is 380 g/mol. The fourth-order valence-electron chi connectivity index (χ4n) is 2.36. The summed E-state index contributed by atoms with van der Waals surface area (Å²) in [6.45, 7) is 1.17. The summed E-state index contributed by atoms with van der Waals surface area (Å²) in [5.41, 5.74) is -0.293. The molecule has 126 valence electrons. The van der Waals surface area contributed by atoms with Gasteiger partial charge in [0.2, 0.25) is 5.82 Å². The second-order valence-electron chi connectivity index (χ2n) is 5.21. The third-order valence-corrected chi connectivity index (χ3v) is 4.05. The smallest absolute Gasteiger partial charge is 0.373 e. The fraction of sp³-hybridized carbons (Fsp3) is 0.333. The minimum atomic E-state index is -0.550. The number of ether oxygens (including phenoxy) is 2. The van der Waals surface area contributed by atoms with E-state index in [2.05, 4.69) is 31.2 Å². The monoisotopic (exact) mass is 394 g/mol. The Morgan fingerprint density at radius 1 is 1.38 bits per heavy atom. The molecule has 8 nitrogen and oxygen atoms in total. The average Bonchev–Trinajstić information content (AvgIpc) is 3.08. The van der Waals surface area contributed by atoms with Gasteiger partial charge in [0.1, 0.15) is 12.1 Å². The van der Waals surface area contributed by atoms with Crippen molar-refractivity contribution in [3.05, 3.63) is 45.2 Å². The van der Waals surface area contributed by atoms with Crippen molar-refractivity contribution in [1.29, 1.82) is 0 Å². The van der Waals surface area contributed by atoms with Crippen molar-refractivity contribution in [3.8, 4) is 11.6 Å². The molecule has 1 unspecified atom stereocenters. The summed E-state index contributed by atoms with van der Waals surface area (Å²) in [7, 11) is 0. The van der Waals surface area contributed by atoms with E-state index in [1.807, 2.05) is 0 Å². The van der Waals surface area contributed by atoms with Gasteiger partial charge in [-0.3, -0.25) is 10.1 Å². The maximum absolute atomic E-state index is 11.4. The molecule has 1 aromatic carbocycles. The van der Waals surface area contributed by atoms with Crippen LogP contribution >= 0.6 is 15.9 Å². The molecule has 0 radical (unpaired) electrons. The molecule has 1 fully saturated rings. The van der Waals surface area contributed by atoms with Gasteiger partial charge in [-0.2, -0.15) is 4.98 Å². The van der Waals surface area contributed by atoms with Gasteiger partial charge in [0.15, 0.2) is 0 Å². The summed E-state index contributed by atoms with van der Waals surface area (Å²) in [5.74, 6) is 0.467. The lowest BCUT2D eigenvalue weighted by molar-refractivity contribution is -0.385. The largest absolute Gasteiger partial charge is 0.434 e. The molecule has 1 atom stereocenters. The molecule has 1 aliphatic heterocycles. The van der Waals surface area contributed by atoms with Gasteiger partial charge >= 0.3 is 11.6 Å². The van der Waals surface area contributed by atoms with Crippen LogP contribution in [0.2, 0.25) is 0 Å². The van der Waals surface area contributed by atoms with Crippen LogP contribution in [-0.2, 0) is 4.74 Å². The highest BCUT2D eigenvalue weighted by Gasteiger charge is 2.26. The molecule has 0 saturated carbocycles. The zero-order valence-electron chi connectivity index (χ0n) is 12.6. The van der Waals surface area contributed by atoms with Crippen LogP contribution in [0.3, 0.4) is 0 Å². The number of benzene rings is 1. The third-order valence-electron chi connectivity index (χ3n) is 3.52. The number of nitrogens with zero attached hydrogens (tertiary/aromatic N) is 3. The molecule has 1 saturated heterocycles. The number of aromatic nitrogens is 2. The van der Waals surface area contributed by atoms with E-state index in [4.69, 9.17) is 9.47 Å². The van der Waals surface area contributed by atoms with E-state index in [9.17, 15) is 10.1 Å². The highest BCUT2D eigenvalue weighted by Crippen LogP contribution is 2.34. The molecule has 0 bridgehead atoms. The number of hydrogen-bond acceptors (Lipinski definition) is 7. The number of rotatable bonds is 6. The second-order valence-corrected chi connectivity index (χ2v) is 6.12. The highest BCUT2D eigenvalue weighted by molar-refractivity contribution is 9.10. The van der Waals surface area contributed by atoms with E-state index in [-0.39, 0.29) is 23.5 Å². The molecule has 24 heavy (non-hydrogen) atoms. The van der Waals surface area contributed by atoms with Crippen LogP contribution in [0.4, 0.5) is 11.5 Å². The topological polar surface area (TPSA) is 99.4 Å². The van der Waals surface area contributed by atoms with Crippen LogP contribution in [0.1, 0.15) is 12.8 Å². The molecule has 1 aliphatic rings. The number of hydrogen-bond donors (Lipinski definition) is 1. The third kappa shape index (κ3) is 3.98. The molecule has 2 aromatic rings. The van der Waals surface area contributed by atoms with Gasteiger partial charge in [0.25, 0.3) is 0 Å². The number of nitrogens with one attached hydrogen (secondary N) is 1. The first-order chi connectivity index (χ1) is 11.6. The first-order valence-corrected chi connectivity index (χ1v) is 8.21. The molecule has 2 heterocycles. The Morgan fingerprint density at radius 3 is 2.83 bits per heavy atom. The molecule has 9 heteroatoms. The van der Waals surface area contributed by atoms with Crippen LogP contribution in [0.15, 0.2) is 35.1 Å². The Labute approximate surface area is 146 Å². The Balaban J connectivity index is 1.81. The zero-order valence-corrected chi connectivity index (χ0v) is 14.2. The van der Waals surface area contributed by atoms with Crippen molar-refractivity contribution >= 4 is 27.4 Å². The maximum Gasteiger partial charge on any atom is 0.373 e. The Hall–Kier alpha value is -2.26. The molecule has 0 amide bonds. The minimum Gasteiger partial charge on any atom is -0.434 e. The van der Waals surface area contributed by atoms with Gasteiger partial charge < -0.3 is 14.8 Å². The normalized spacial score (nSPS) is 16.8. The first-order valence-electron chi connectivity index (χ1n) is 7.42. The van der Waals surface area contributed by atoms with E-state index in [1.54, 1.807) is 24.3 Å². The van der Waals surface area contributed by atoms with Crippen LogP contribution in [0, 0.1) is 10.1 Å². The molecule has 1 aromatic heterocycles. The number of nitro groups is 1. The van der Waals surface area contributed by atoms with Crippen LogP contribution in [0.25, 0.3) is 0 Å². The van der Waals surface area contributed by atoms with Gasteiger partial charge in [0.05, 0.1) is 11.0 Å². The Morgan fingerprint density at radius 2 is 2.17 bits per heavy atom. The van der Waals surface area contributed by atoms with Crippen molar-refractivity contribution in [3.63, 3.8) is 0 Å². The standard InChI is InChI=1S/C15H15BrN4O4/c16-10-3-5-11(6-4-10)24-15-13(20(21)22)14(18-9-19-15)17-8-12-2-1-7-23-12/h3-6,9,12H,1-2,7-8H2,(H,17,18,19). The van der Waals surface area contributed by atoms with E-state index in [0.717, 1.165) is 23.9 Å². The average molecular weight is 395 g/mol. The summed E-state index contributed by atoms with van der Waals surface area (Å²) in [4.78, 5) is 18.8. The summed E-state index contributed by atoms with van der Waals surface area (Å²) in [5, 5.41) is 14.4. The van der Waals surface area contributed by atoms with E-state index < -0.39 is 4.92 Å². The summed E-state index contributed by atoms with van der Waals surface area (Å²) < 4.78 is 11.9. The van der Waals surface area contributed by atoms with Gasteiger partial charge in [-0.15, -0.1) is 0 Å². The quantitative estimate of drug-likeness (QED) is 0.590. The second kappa shape index (κ2) is 7.54. The van der Waals surface area contributed by atoms with Gasteiger partial charge in [-0.1, -0.05) is 15.9 Å². The summed E-state index contributed by atoms with van der Waals surface area (Å²) >= 11 is 3.32. The molecule has 0 aliphatic carbocycles. The molecular formula is C15H15BrN4O4. The summed E-state index contributed by atoms with van der Waals surface area (Å²) in [6.07, 6.45) is 3.19. The lowest BCUT2D eigenvalue weighted by Crippen LogP contribution is -2.19. The fourth-order valence-corrected chi connectivity index (χ4v) is 2.63. The minimum absolute atomic E-state index is 0.0374. The number of anilines is 1. The van der Waals surface area contributed by atoms with Crippen LogP contribution < -0.4 is 10.1 Å².